The molecule has 6 rings (SSSR count). The molecule has 12 nitrogen and oxygen atoms in total. The average Bonchev–Trinajstić information content (AvgIpc) is 3.09. The van der Waals surface area contributed by atoms with Gasteiger partial charge in [0.2, 0.25) is 6.29 Å². The summed E-state index contributed by atoms with van der Waals surface area (Å²) in [6, 6.07) is 20.1. The lowest BCUT2D eigenvalue weighted by Crippen LogP contribution is -2.58. The number of aromatic hydroxyl groups is 1. The Morgan fingerprint density at radius 1 is 0.860 bits per heavy atom. The van der Waals surface area contributed by atoms with E-state index in [-0.39, 0.29) is 51.3 Å². The molecular weight excluding hydrogens is 644 g/mol. The number of aliphatic hydroxyl groups excluding tert-OH is 3. The second kappa shape index (κ2) is 14.0. The lowest BCUT2D eigenvalue weighted by Gasteiger charge is -2.39. The van der Waals surface area contributed by atoms with E-state index in [1.807, 2.05) is 30.3 Å². The monoisotopic (exact) mass is 680 g/mol. The fraction of sp³-hybridized carbons (Fsp3) is 0.237. The van der Waals surface area contributed by atoms with Crippen LogP contribution in [-0.4, -0.2) is 68.7 Å². The number of ether oxygens (including phenoxy) is 3. The summed E-state index contributed by atoms with van der Waals surface area (Å²) in [5.74, 6) is -2.61. The molecule has 0 amide bonds. The number of carbonyl (C=O) groups is 3. The third-order valence-electron chi connectivity index (χ3n) is 8.78. The minimum atomic E-state index is -1.72. The number of hydrogen-bond acceptors (Lipinski definition) is 12. The number of ketones is 2. The van der Waals surface area contributed by atoms with Gasteiger partial charge in [-0.25, -0.2) is 0 Å². The lowest BCUT2D eigenvalue weighted by molar-refractivity contribution is -0.268. The van der Waals surface area contributed by atoms with E-state index < -0.39 is 60.2 Å². The van der Waals surface area contributed by atoms with Crippen LogP contribution in [0.1, 0.15) is 79.7 Å². The molecule has 0 bridgehead atoms. The highest BCUT2D eigenvalue weighted by Gasteiger charge is 2.44. The topological polar surface area (TPSA) is 212 Å². The van der Waals surface area contributed by atoms with Gasteiger partial charge in [-0.15, -0.1) is 0 Å². The third-order valence-corrected chi connectivity index (χ3v) is 8.78. The molecule has 4 aromatic carbocycles. The third kappa shape index (κ3) is 6.55. The van der Waals surface area contributed by atoms with Crippen molar-refractivity contribution in [3.05, 3.63) is 123 Å². The number of phenols is 1. The fourth-order valence-corrected chi connectivity index (χ4v) is 6.18. The summed E-state index contributed by atoms with van der Waals surface area (Å²) in [5.41, 5.74) is 13.4. The van der Waals surface area contributed by atoms with Crippen molar-refractivity contribution in [1.29, 1.82) is 0 Å². The Kier molecular flexibility index (Phi) is 9.67. The van der Waals surface area contributed by atoms with Gasteiger partial charge in [-0.2, -0.15) is 0 Å². The molecule has 0 radical (unpaired) electrons. The maximum absolute atomic E-state index is 14.4. The van der Waals surface area contributed by atoms with Crippen molar-refractivity contribution in [2.75, 3.05) is 0 Å². The molecule has 1 saturated heterocycles. The average molecular weight is 681 g/mol. The van der Waals surface area contributed by atoms with Gasteiger partial charge < -0.3 is 46.1 Å². The van der Waals surface area contributed by atoms with Gasteiger partial charge in [-0.05, 0) is 47.9 Å². The van der Waals surface area contributed by atoms with E-state index in [2.05, 4.69) is 0 Å². The van der Waals surface area contributed by atoms with E-state index in [1.54, 1.807) is 36.4 Å². The summed E-state index contributed by atoms with van der Waals surface area (Å²) in [6.07, 6.45) is -4.80. The molecule has 0 spiro atoms. The summed E-state index contributed by atoms with van der Waals surface area (Å²) >= 11 is 0. The molecule has 1 heterocycles. The van der Waals surface area contributed by atoms with Gasteiger partial charge in [0, 0.05) is 41.2 Å². The van der Waals surface area contributed by atoms with E-state index in [4.69, 9.17) is 25.7 Å². The van der Waals surface area contributed by atoms with Crippen molar-refractivity contribution in [3.8, 4) is 17.2 Å². The zero-order chi connectivity index (χ0) is 35.9. The molecule has 1 fully saturated rings. The Morgan fingerprint density at radius 2 is 1.58 bits per heavy atom. The second-order valence-corrected chi connectivity index (χ2v) is 12.3. The van der Waals surface area contributed by atoms with Crippen LogP contribution in [0.25, 0.3) is 12.2 Å². The van der Waals surface area contributed by atoms with E-state index in [0.717, 1.165) is 5.56 Å². The van der Waals surface area contributed by atoms with Crippen LogP contribution >= 0.6 is 0 Å². The van der Waals surface area contributed by atoms with Crippen LogP contribution in [0.5, 0.6) is 17.2 Å². The molecule has 0 saturated carbocycles. The summed E-state index contributed by atoms with van der Waals surface area (Å²) < 4.78 is 17.2. The Labute approximate surface area is 287 Å². The van der Waals surface area contributed by atoms with Gasteiger partial charge in [0.1, 0.15) is 35.6 Å². The quantitative estimate of drug-likeness (QED) is 0.0605. The number of nitrogens with two attached hydrogens (primary N) is 2. The zero-order valence-electron chi connectivity index (χ0n) is 27.1. The number of fused-ring (bicyclic) bond motifs is 2. The molecule has 8 N–H and O–H groups in total. The number of phenolic OH excluding ortho intramolecular Hbond substituents is 1. The predicted octanol–water partition coefficient (Wildman–Crippen LogP) is 2.98. The Bertz CT molecular complexity index is 2010. The maximum Gasteiger partial charge on any atom is 0.308 e. The highest BCUT2D eigenvalue weighted by atomic mass is 16.7. The van der Waals surface area contributed by atoms with Crippen molar-refractivity contribution < 1.29 is 49.0 Å². The van der Waals surface area contributed by atoms with Crippen LogP contribution in [-0.2, 0) is 16.0 Å². The molecule has 2 aliphatic rings. The minimum Gasteiger partial charge on any atom is -0.507 e. The first-order valence-corrected chi connectivity index (χ1v) is 15.9. The lowest BCUT2D eigenvalue weighted by atomic mass is 9.79. The van der Waals surface area contributed by atoms with E-state index in [1.165, 1.54) is 32.0 Å². The molecule has 1 aliphatic heterocycles. The first-order chi connectivity index (χ1) is 23.8. The van der Waals surface area contributed by atoms with Gasteiger partial charge in [-0.1, -0.05) is 60.7 Å². The normalized spacial score (nSPS) is 21.6. The van der Waals surface area contributed by atoms with Crippen LogP contribution < -0.4 is 20.9 Å². The standard InChI is InChI=1S/C38H36N2O10/c1-18-31(42)35(46)36(47)38(48-18)50-28-17-26-30(33(44)25(28)16-21-9-6-10-22(15-21)37(39)40)32(43)24-13-14-27(49-19(2)41)23(29(24)34(26)45)12-11-20-7-4-3-5-8-20/h3-15,17-18,31,35-38,42,44,46-47H,16,39-40H2,1-2H3/t18-,31-,35-,36-,38-/m1/s1. The van der Waals surface area contributed by atoms with Crippen molar-refractivity contribution in [2.45, 2.75) is 57.1 Å². The second-order valence-electron chi connectivity index (χ2n) is 12.3. The number of hydrogen-bond donors (Lipinski definition) is 6. The SMILES string of the molecule is CC(=O)Oc1ccc2c(c1C=Cc1ccccc1)C(=O)c1cc(O[C@H]3O[C@H](C)[C@@H](O)[C@@H](O)[C@H]3O)c(Cc3cccc(C(N)N)c3)c(O)c1C2=O. The number of rotatable bonds is 8. The fourth-order valence-electron chi connectivity index (χ4n) is 6.18. The van der Waals surface area contributed by atoms with Crippen molar-refractivity contribution >= 4 is 29.7 Å². The largest absolute Gasteiger partial charge is 0.507 e. The van der Waals surface area contributed by atoms with E-state index in [0.29, 0.717) is 11.1 Å². The predicted molar refractivity (Wildman–Crippen MR) is 181 cm³/mol. The molecule has 5 atom stereocenters. The summed E-state index contributed by atoms with van der Waals surface area (Å²) in [5, 5.41) is 43.3. The molecule has 0 unspecified atom stereocenters. The highest BCUT2D eigenvalue weighted by Crippen LogP contribution is 2.44. The summed E-state index contributed by atoms with van der Waals surface area (Å²) in [7, 11) is 0. The van der Waals surface area contributed by atoms with Crippen LogP contribution in [0.4, 0.5) is 0 Å². The Balaban J connectivity index is 1.52. The van der Waals surface area contributed by atoms with Crippen molar-refractivity contribution in [3.63, 3.8) is 0 Å². The van der Waals surface area contributed by atoms with Gasteiger partial charge >= 0.3 is 5.97 Å². The Hall–Kier alpha value is -5.21. The van der Waals surface area contributed by atoms with Crippen LogP contribution in [0.15, 0.2) is 72.8 Å². The smallest absolute Gasteiger partial charge is 0.308 e. The molecular formula is C38H36N2O10. The first-order valence-electron chi connectivity index (χ1n) is 15.9. The molecule has 258 valence electrons. The Morgan fingerprint density at radius 3 is 2.28 bits per heavy atom. The number of esters is 1. The van der Waals surface area contributed by atoms with Crippen LogP contribution in [0.3, 0.4) is 0 Å². The first kappa shape index (κ1) is 34.6. The molecule has 12 heteroatoms. The number of aliphatic hydroxyl groups is 3. The van der Waals surface area contributed by atoms with Gasteiger partial charge in [0.05, 0.1) is 17.8 Å². The summed E-state index contributed by atoms with van der Waals surface area (Å²) in [4.78, 5) is 40.7. The van der Waals surface area contributed by atoms with Gasteiger partial charge in [0.25, 0.3) is 0 Å². The van der Waals surface area contributed by atoms with E-state index >= 15 is 0 Å². The molecule has 0 aromatic heterocycles. The zero-order valence-corrected chi connectivity index (χ0v) is 27.1. The van der Waals surface area contributed by atoms with Crippen molar-refractivity contribution in [1.82, 2.24) is 0 Å². The van der Waals surface area contributed by atoms with Crippen LogP contribution in [0, 0.1) is 0 Å². The molecule has 4 aromatic rings. The highest BCUT2D eigenvalue weighted by molar-refractivity contribution is 6.31. The molecule has 50 heavy (non-hydrogen) atoms. The van der Waals surface area contributed by atoms with Crippen molar-refractivity contribution in [2.24, 2.45) is 11.5 Å². The minimum absolute atomic E-state index is 0.0193. The molecule has 1 aliphatic carbocycles. The number of carbonyl (C=O) groups excluding carboxylic acids is 3. The number of benzene rings is 4. The van der Waals surface area contributed by atoms with Crippen LogP contribution in [0.2, 0.25) is 0 Å². The van der Waals surface area contributed by atoms with E-state index in [9.17, 15) is 34.8 Å². The van der Waals surface area contributed by atoms with Gasteiger partial charge in [-0.3, -0.25) is 14.4 Å². The van der Waals surface area contributed by atoms with Gasteiger partial charge in [0.15, 0.2) is 11.6 Å². The maximum atomic E-state index is 14.4. The summed E-state index contributed by atoms with van der Waals surface area (Å²) in [6.45, 7) is 2.69.